The summed E-state index contributed by atoms with van der Waals surface area (Å²) < 4.78 is 48.4. The van der Waals surface area contributed by atoms with Crippen LogP contribution in [-0.4, -0.2) is 49.6 Å². The SMILES string of the molecule is CC(C)(C)NC(N)=NCC1CCN(S(=O)(=O)C(F)F)CC1.I. The summed E-state index contributed by atoms with van der Waals surface area (Å²) in [4.78, 5) is 4.22. The average molecular weight is 454 g/mol. The van der Waals surface area contributed by atoms with E-state index >= 15 is 0 Å². The van der Waals surface area contributed by atoms with Crippen molar-refractivity contribution in [3.05, 3.63) is 0 Å². The molecule has 10 heteroatoms. The lowest BCUT2D eigenvalue weighted by Gasteiger charge is -2.30. The molecule has 1 fully saturated rings. The fourth-order valence-electron chi connectivity index (χ4n) is 2.11. The molecule has 0 unspecified atom stereocenters. The molecule has 0 aliphatic carbocycles. The number of hydrogen-bond acceptors (Lipinski definition) is 3. The van der Waals surface area contributed by atoms with Gasteiger partial charge in [0.2, 0.25) is 0 Å². The van der Waals surface area contributed by atoms with Gasteiger partial charge in [0.15, 0.2) is 5.96 Å². The second-order valence-electron chi connectivity index (χ2n) is 6.25. The van der Waals surface area contributed by atoms with Gasteiger partial charge in [0.25, 0.3) is 10.0 Å². The minimum Gasteiger partial charge on any atom is -0.370 e. The third kappa shape index (κ3) is 6.90. The van der Waals surface area contributed by atoms with Crippen LogP contribution >= 0.6 is 24.0 Å². The molecule has 0 amide bonds. The summed E-state index contributed by atoms with van der Waals surface area (Å²) in [7, 11) is -4.45. The molecule has 0 bridgehead atoms. The minimum absolute atomic E-state index is 0. The lowest BCUT2D eigenvalue weighted by Crippen LogP contribution is -2.45. The highest BCUT2D eigenvalue weighted by Crippen LogP contribution is 2.22. The third-order valence-electron chi connectivity index (χ3n) is 3.18. The molecule has 0 aromatic heterocycles. The summed E-state index contributed by atoms with van der Waals surface area (Å²) in [5.74, 6) is -2.85. The van der Waals surface area contributed by atoms with Crippen LogP contribution in [0, 0.1) is 5.92 Å². The van der Waals surface area contributed by atoms with Gasteiger partial charge in [-0.15, -0.1) is 24.0 Å². The summed E-state index contributed by atoms with van der Waals surface area (Å²) >= 11 is 0. The standard InChI is InChI=1S/C12H24F2N4O2S.HI/c1-12(2,3)17-11(15)16-8-9-4-6-18(7-5-9)21(19,20)10(13)14;/h9-10H,4-8H2,1-3H3,(H3,15,16,17);1H. The molecule has 0 aromatic rings. The normalized spacial score (nSPS) is 19.1. The van der Waals surface area contributed by atoms with E-state index in [1.54, 1.807) is 0 Å². The van der Waals surface area contributed by atoms with Crippen LogP contribution in [-0.2, 0) is 10.0 Å². The Morgan fingerprint density at radius 1 is 1.36 bits per heavy atom. The van der Waals surface area contributed by atoms with Crippen LogP contribution in [0.25, 0.3) is 0 Å². The molecular weight excluding hydrogens is 429 g/mol. The van der Waals surface area contributed by atoms with E-state index in [1.165, 1.54) is 0 Å². The minimum atomic E-state index is -4.45. The first-order valence-corrected chi connectivity index (χ1v) is 8.38. The van der Waals surface area contributed by atoms with Crippen molar-refractivity contribution in [3.8, 4) is 0 Å². The van der Waals surface area contributed by atoms with Gasteiger partial charge in [-0.2, -0.15) is 13.1 Å². The van der Waals surface area contributed by atoms with E-state index in [4.69, 9.17) is 5.73 Å². The molecule has 0 radical (unpaired) electrons. The maximum atomic E-state index is 12.4. The van der Waals surface area contributed by atoms with Crippen LogP contribution in [0.3, 0.4) is 0 Å². The van der Waals surface area contributed by atoms with E-state index in [2.05, 4.69) is 10.3 Å². The van der Waals surface area contributed by atoms with Crippen LogP contribution in [0.1, 0.15) is 33.6 Å². The maximum Gasteiger partial charge on any atom is 0.350 e. The number of guanidine groups is 1. The number of nitrogens with zero attached hydrogens (tertiary/aromatic N) is 2. The van der Waals surface area contributed by atoms with Crippen molar-refractivity contribution in [1.82, 2.24) is 9.62 Å². The van der Waals surface area contributed by atoms with Crippen LogP contribution in [0.15, 0.2) is 4.99 Å². The summed E-state index contributed by atoms with van der Waals surface area (Å²) in [6, 6.07) is 0. The quantitative estimate of drug-likeness (QED) is 0.384. The molecule has 6 nitrogen and oxygen atoms in total. The van der Waals surface area contributed by atoms with E-state index in [1.807, 2.05) is 20.8 Å². The number of sulfonamides is 1. The first kappa shape index (κ1) is 21.8. The molecule has 1 heterocycles. The lowest BCUT2D eigenvalue weighted by molar-refractivity contribution is 0.205. The molecule has 3 N–H and O–H groups in total. The monoisotopic (exact) mass is 454 g/mol. The first-order chi connectivity index (χ1) is 9.52. The van der Waals surface area contributed by atoms with Gasteiger partial charge in [-0.05, 0) is 39.5 Å². The van der Waals surface area contributed by atoms with Gasteiger partial charge >= 0.3 is 5.76 Å². The van der Waals surface area contributed by atoms with Crippen LogP contribution in [0.2, 0.25) is 0 Å². The lowest BCUT2D eigenvalue weighted by atomic mass is 9.98. The Labute approximate surface area is 148 Å². The fraction of sp³-hybridized carbons (Fsp3) is 0.917. The molecule has 1 aliphatic rings. The van der Waals surface area contributed by atoms with Crippen molar-refractivity contribution in [2.75, 3.05) is 19.6 Å². The Hall–Kier alpha value is -0.230. The molecule has 1 saturated heterocycles. The Kier molecular flexibility index (Phi) is 8.48. The number of nitrogens with two attached hydrogens (primary N) is 1. The molecular formula is C12H25F2IN4O2S. The predicted octanol–water partition coefficient (Wildman–Crippen LogP) is 1.57. The highest BCUT2D eigenvalue weighted by Gasteiger charge is 2.34. The molecule has 1 rings (SSSR count). The molecule has 22 heavy (non-hydrogen) atoms. The topological polar surface area (TPSA) is 87.8 Å². The molecule has 0 atom stereocenters. The van der Waals surface area contributed by atoms with E-state index in [-0.39, 0.29) is 48.5 Å². The van der Waals surface area contributed by atoms with Gasteiger partial charge in [-0.3, -0.25) is 4.99 Å². The van der Waals surface area contributed by atoms with E-state index in [0.717, 1.165) is 4.31 Å². The zero-order valence-corrected chi connectivity index (χ0v) is 16.2. The van der Waals surface area contributed by atoms with Gasteiger partial charge in [0.05, 0.1) is 0 Å². The number of halogens is 3. The summed E-state index contributed by atoms with van der Waals surface area (Å²) in [5, 5.41) is 3.03. The zero-order valence-electron chi connectivity index (χ0n) is 13.1. The zero-order chi connectivity index (χ0) is 16.3. The van der Waals surface area contributed by atoms with Crippen molar-refractivity contribution in [1.29, 1.82) is 0 Å². The third-order valence-corrected chi connectivity index (χ3v) is 4.72. The second-order valence-corrected chi connectivity index (χ2v) is 8.15. The number of nitrogens with one attached hydrogen (secondary N) is 1. The molecule has 0 spiro atoms. The maximum absolute atomic E-state index is 12.4. The molecule has 132 valence electrons. The second kappa shape index (κ2) is 8.57. The van der Waals surface area contributed by atoms with Crippen molar-refractivity contribution in [3.63, 3.8) is 0 Å². The highest BCUT2D eigenvalue weighted by molar-refractivity contribution is 14.0. The van der Waals surface area contributed by atoms with E-state index in [0.29, 0.717) is 25.3 Å². The number of hydrogen-bond donors (Lipinski definition) is 2. The smallest absolute Gasteiger partial charge is 0.350 e. The van der Waals surface area contributed by atoms with Gasteiger partial charge < -0.3 is 11.1 Å². The Morgan fingerprint density at radius 2 is 1.86 bits per heavy atom. The van der Waals surface area contributed by atoms with Crippen molar-refractivity contribution >= 4 is 40.0 Å². The molecule has 0 saturated carbocycles. The number of alkyl halides is 2. The Balaban J connectivity index is 0.00000441. The van der Waals surface area contributed by atoms with Crippen molar-refractivity contribution in [2.24, 2.45) is 16.6 Å². The van der Waals surface area contributed by atoms with Gasteiger partial charge in [0, 0.05) is 25.2 Å². The van der Waals surface area contributed by atoms with Crippen LogP contribution < -0.4 is 11.1 Å². The van der Waals surface area contributed by atoms with Crippen LogP contribution in [0.5, 0.6) is 0 Å². The fourth-order valence-corrected chi connectivity index (χ4v) is 3.06. The number of piperidine rings is 1. The summed E-state index contributed by atoms with van der Waals surface area (Å²) in [5.41, 5.74) is 5.57. The van der Waals surface area contributed by atoms with E-state index in [9.17, 15) is 17.2 Å². The van der Waals surface area contributed by atoms with Crippen LogP contribution in [0.4, 0.5) is 8.78 Å². The Morgan fingerprint density at radius 3 is 2.27 bits per heavy atom. The van der Waals surface area contributed by atoms with Gasteiger partial charge in [-0.25, -0.2) is 8.42 Å². The number of rotatable bonds is 4. The summed E-state index contributed by atoms with van der Waals surface area (Å²) in [6.07, 6.45) is 1.02. The van der Waals surface area contributed by atoms with Gasteiger partial charge in [-0.1, -0.05) is 0 Å². The molecule has 1 aliphatic heterocycles. The predicted molar refractivity (Wildman–Crippen MR) is 94.0 cm³/mol. The molecule has 0 aromatic carbocycles. The highest BCUT2D eigenvalue weighted by atomic mass is 127. The Bertz CT molecular complexity index is 472. The van der Waals surface area contributed by atoms with Crippen molar-refractivity contribution in [2.45, 2.75) is 44.9 Å². The number of aliphatic imine (C=N–C) groups is 1. The van der Waals surface area contributed by atoms with Gasteiger partial charge in [0.1, 0.15) is 0 Å². The largest absolute Gasteiger partial charge is 0.370 e. The average Bonchev–Trinajstić information content (AvgIpc) is 2.34. The van der Waals surface area contributed by atoms with E-state index < -0.39 is 15.8 Å². The first-order valence-electron chi connectivity index (χ1n) is 6.87. The van der Waals surface area contributed by atoms with Crippen molar-refractivity contribution < 1.29 is 17.2 Å². The summed E-state index contributed by atoms with van der Waals surface area (Å²) in [6.45, 7) is 6.58.